The van der Waals surface area contributed by atoms with Crippen LogP contribution in [0.2, 0.25) is 0 Å². The van der Waals surface area contributed by atoms with Crippen molar-refractivity contribution in [3.63, 3.8) is 0 Å². The maximum absolute atomic E-state index is 6.31. The number of rotatable bonds is 5. The van der Waals surface area contributed by atoms with Crippen LogP contribution < -0.4 is 10.5 Å². The molecule has 0 aromatic heterocycles. The van der Waals surface area contributed by atoms with Crippen molar-refractivity contribution in [3.8, 4) is 5.75 Å². The maximum Gasteiger partial charge on any atom is 0.120 e. The molecule has 0 saturated heterocycles. The predicted molar refractivity (Wildman–Crippen MR) is 90.1 cm³/mol. The summed E-state index contributed by atoms with van der Waals surface area (Å²) in [5.41, 5.74) is 8.62. The molecule has 1 atom stereocenters. The van der Waals surface area contributed by atoms with Crippen molar-refractivity contribution in [2.75, 3.05) is 6.61 Å². The zero-order valence-corrected chi connectivity index (χ0v) is 14.4. The maximum atomic E-state index is 6.31. The van der Waals surface area contributed by atoms with Gasteiger partial charge in [0, 0.05) is 15.0 Å². The second kappa shape index (κ2) is 7.25. The molecule has 0 saturated carbocycles. The Bertz CT molecular complexity index is 569. The second-order valence-corrected chi connectivity index (χ2v) is 6.32. The number of hydrogen-bond donors (Lipinski definition) is 1. The van der Waals surface area contributed by atoms with E-state index >= 15 is 0 Å². The average molecular weight is 399 g/mol. The van der Waals surface area contributed by atoms with E-state index < -0.39 is 0 Å². The van der Waals surface area contributed by atoms with Crippen LogP contribution in [-0.4, -0.2) is 6.61 Å². The Balaban J connectivity index is 2.12. The summed E-state index contributed by atoms with van der Waals surface area (Å²) in [5.74, 6) is 0.860. The van der Waals surface area contributed by atoms with Crippen molar-refractivity contribution in [1.29, 1.82) is 0 Å². The third-order valence-electron chi connectivity index (χ3n) is 3.05. The molecule has 2 nitrogen and oxygen atoms in total. The first-order chi connectivity index (χ1) is 9.60. The smallest absolute Gasteiger partial charge is 0.120 e. The number of nitrogens with two attached hydrogens (primary N) is 1. The Morgan fingerprint density at radius 1 is 1.10 bits per heavy atom. The van der Waals surface area contributed by atoms with Crippen molar-refractivity contribution in [1.82, 2.24) is 0 Å². The topological polar surface area (TPSA) is 35.2 Å². The van der Waals surface area contributed by atoms with Crippen LogP contribution >= 0.6 is 31.9 Å². The monoisotopic (exact) mass is 397 g/mol. The number of ether oxygens (including phenoxy) is 1. The van der Waals surface area contributed by atoms with Gasteiger partial charge >= 0.3 is 0 Å². The number of hydrogen-bond acceptors (Lipinski definition) is 2. The molecule has 0 aliphatic heterocycles. The molecule has 0 fully saturated rings. The van der Waals surface area contributed by atoms with Crippen LogP contribution in [0.3, 0.4) is 0 Å². The number of benzene rings is 2. The molecule has 2 aromatic rings. The first kappa shape index (κ1) is 15.5. The van der Waals surface area contributed by atoms with E-state index in [9.17, 15) is 0 Å². The molecule has 1 unspecified atom stereocenters. The lowest BCUT2D eigenvalue weighted by atomic mass is 10.00. The van der Waals surface area contributed by atoms with Gasteiger partial charge < -0.3 is 10.5 Å². The average Bonchev–Trinajstić information content (AvgIpc) is 2.42. The molecular formula is C16H17Br2NO. The van der Waals surface area contributed by atoms with Crippen molar-refractivity contribution in [2.45, 2.75) is 19.4 Å². The molecule has 2 aromatic carbocycles. The molecule has 0 aliphatic carbocycles. The minimum absolute atomic E-state index is 0.0405. The molecule has 106 valence electrons. The fraction of sp³-hybridized carbons (Fsp3) is 0.250. The Morgan fingerprint density at radius 2 is 1.80 bits per heavy atom. The van der Waals surface area contributed by atoms with Gasteiger partial charge in [0.1, 0.15) is 5.75 Å². The minimum Gasteiger partial charge on any atom is -0.494 e. The highest BCUT2D eigenvalue weighted by Crippen LogP contribution is 2.28. The third-order valence-corrected chi connectivity index (χ3v) is 4.27. The molecule has 4 heteroatoms. The van der Waals surface area contributed by atoms with E-state index in [4.69, 9.17) is 10.5 Å². The van der Waals surface area contributed by atoms with E-state index in [1.54, 1.807) is 0 Å². The van der Waals surface area contributed by atoms with Gasteiger partial charge in [0.2, 0.25) is 0 Å². The van der Waals surface area contributed by atoms with Crippen molar-refractivity contribution >= 4 is 31.9 Å². The summed E-state index contributed by atoms with van der Waals surface area (Å²) in [6, 6.07) is 14.2. The summed E-state index contributed by atoms with van der Waals surface area (Å²) in [5, 5.41) is 0. The van der Waals surface area contributed by atoms with Crippen LogP contribution in [0.5, 0.6) is 5.75 Å². The lowest BCUT2D eigenvalue weighted by molar-refractivity contribution is 0.340. The van der Waals surface area contributed by atoms with Crippen LogP contribution in [0, 0.1) is 0 Å². The molecular weight excluding hydrogens is 382 g/mol. The van der Waals surface area contributed by atoms with Crippen molar-refractivity contribution < 1.29 is 4.74 Å². The lowest BCUT2D eigenvalue weighted by Gasteiger charge is -2.15. The number of halogens is 2. The quantitative estimate of drug-likeness (QED) is 0.780. The van der Waals surface area contributed by atoms with Gasteiger partial charge in [-0.1, -0.05) is 50.1 Å². The van der Waals surface area contributed by atoms with Crippen LogP contribution in [0.25, 0.3) is 0 Å². The van der Waals surface area contributed by atoms with Gasteiger partial charge in [-0.15, -0.1) is 0 Å². The summed E-state index contributed by atoms with van der Waals surface area (Å²) in [7, 11) is 0. The van der Waals surface area contributed by atoms with Gasteiger partial charge in [0.25, 0.3) is 0 Å². The first-order valence-electron chi connectivity index (χ1n) is 6.52. The molecule has 0 bridgehead atoms. The first-order valence-corrected chi connectivity index (χ1v) is 8.11. The van der Waals surface area contributed by atoms with E-state index in [2.05, 4.69) is 44.0 Å². The molecule has 0 radical (unpaired) electrons. The molecule has 0 heterocycles. The molecule has 0 aliphatic rings. The Morgan fingerprint density at radius 3 is 2.40 bits per heavy atom. The molecule has 0 spiro atoms. The van der Waals surface area contributed by atoms with Gasteiger partial charge in [-0.2, -0.15) is 0 Å². The van der Waals surface area contributed by atoms with Gasteiger partial charge in [-0.05, 0) is 48.7 Å². The SMILES string of the molecule is CCOc1ccc(C(N)Cc2ccc(Br)cc2)c(Br)c1. The minimum atomic E-state index is -0.0405. The van der Waals surface area contributed by atoms with Crippen LogP contribution in [-0.2, 0) is 6.42 Å². The predicted octanol–water partition coefficient (Wildman–Crippen LogP) is 4.85. The van der Waals surface area contributed by atoms with E-state index in [1.807, 2.05) is 37.3 Å². The molecule has 2 N–H and O–H groups in total. The van der Waals surface area contributed by atoms with Crippen molar-refractivity contribution in [2.24, 2.45) is 5.73 Å². The summed E-state index contributed by atoms with van der Waals surface area (Å²) in [6.45, 7) is 2.64. The molecule has 2 rings (SSSR count). The van der Waals surface area contributed by atoms with Gasteiger partial charge in [0.05, 0.1) is 6.61 Å². The van der Waals surface area contributed by atoms with Crippen LogP contribution in [0.15, 0.2) is 51.4 Å². The summed E-state index contributed by atoms with van der Waals surface area (Å²) < 4.78 is 7.55. The Labute approximate surface area is 136 Å². The van der Waals surface area contributed by atoms with Crippen LogP contribution in [0.4, 0.5) is 0 Å². The lowest BCUT2D eigenvalue weighted by Crippen LogP contribution is -2.14. The van der Waals surface area contributed by atoms with E-state index in [-0.39, 0.29) is 6.04 Å². The fourth-order valence-electron chi connectivity index (χ4n) is 2.05. The van der Waals surface area contributed by atoms with Crippen LogP contribution in [0.1, 0.15) is 24.1 Å². The standard InChI is InChI=1S/C16H17Br2NO/c1-2-20-13-7-8-14(15(18)10-13)16(19)9-11-3-5-12(17)6-4-11/h3-8,10,16H,2,9,19H2,1H3. The fourth-order valence-corrected chi connectivity index (χ4v) is 2.97. The highest BCUT2D eigenvalue weighted by molar-refractivity contribution is 9.10. The zero-order chi connectivity index (χ0) is 14.5. The van der Waals surface area contributed by atoms with Gasteiger partial charge in [-0.3, -0.25) is 0 Å². The third kappa shape index (κ3) is 4.08. The molecule has 0 amide bonds. The largest absolute Gasteiger partial charge is 0.494 e. The van der Waals surface area contributed by atoms with Gasteiger partial charge in [0.15, 0.2) is 0 Å². The molecule has 20 heavy (non-hydrogen) atoms. The highest BCUT2D eigenvalue weighted by atomic mass is 79.9. The second-order valence-electron chi connectivity index (χ2n) is 4.55. The van der Waals surface area contributed by atoms with E-state index in [0.717, 1.165) is 26.7 Å². The van der Waals surface area contributed by atoms with Crippen molar-refractivity contribution in [3.05, 3.63) is 62.5 Å². The normalized spacial score (nSPS) is 12.2. The highest BCUT2D eigenvalue weighted by Gasteiger charge is 2.11. The summed E-state index contributed by atoms with van der Waals surface area (Å²) in [6.07, 6.45) is 0.805. The Kier molecular flexibility index (Phi) is 5.64. The zero-order valence-electron chi connectivity index (χ0n) is 11.3. The van der Waals surface area contributed by atoms with Gasteiger partial charge in [-0.25, -0.2) is 0 Å². The Hall–Kier alpha value is -0.840. The summed E-state index contributed by atoms with van der Waals surface area (Å²) >= 11 is 7.01. The van der Waals surface area contributed by atoms with E-state index in [0.29, 0.717) is 6.61 Å². The summed E-state index contributed by atoms with van der Waals surface area (Å²) in [4.78, 5) is 0. The van der Waals surface area contributed by atoms with E-state index in [1.165, 1.54) is 5.56 Å².